The van der Waals surface area contributed by atoms with Gasteiger partial charge in [-0.2, -0.15) is 0 Å². The summed E-state index contributed by atoms with van der Waals surface area (Å²) in [6, 6.07) is 7.47. The fourth-order valence-electron chi connectivity index (χ4n) is 2.89. The summed E-state index contributed by atoms with van der Waals surface area (Å²) in [5.74, 6) is -0.835. The molecule has 2 aromatic rings. The number of benzene rings is 2. The predicted octanol–water partition coefficient (Wildman–Crippen LogP) is 2.23. The molecule has 0 unspecified atom stereocenters. The molecule has 6 nitrogen and oxygen atoms in total. The van der Waals surface area contributed by atoms with Crippen molar-refractivity contribution in [2.24, 2.45) is 0 Å². The second kappa shape index (κ2) is 6.25. The number of rotatable bonds is 4. The van der Waals surface area contributed by atoms with Gasteiger partial charge in [0.1, 0.15) is 12.4 Å². The highest BCUT2D eigenvalue weighted by molar-refractivity contribution is 5.75. The van der Waals surface area contributed by atoms with Crippen LogP contribution in [0.1, 0.15) is 28.7 Å². The number of aromatic hydroxyl groups is 3. The maximum absolute atomic E-state index is 10.5. The Morgan fingerprint density at radius 1 is 1.04 bits per heavy atom. The third-order valence-corrected chi connectivity index (χ3v) is 4.02. The smallest absolute Gasteiger partial charge is 0.165 e. The van der Waals surface area contributed by atoms with Gasteiger partial charge >= 0.3 is 0 Å². The molecule has 0 aromatic heterocycles. The van der Waals surface area contributed by atoms with Crippen molar-refractivity contribution in [3.05, 3.63) is 53.1 Å². The maximum atomic E-state index is 10.5. The molecule has 0 aliphatic carbocycles. The van der Waals surface area contributed by atoms with Crippen molar-refractivity contribution >= 4 is 12.4 Å². The number of aldehydes is 1. The summed E-state index contributed by atoms with van der Waals surface area (Å²) in [6.07, 6.45) is 2.86. The molecule has 0 saturated heterocycles. The number of phenols is 3. The van der Waals surface area contributed by atoms with Gasteiger partial charge in [-0.3, -0.25) is 4.79 Å². The van der Waals surface area contributed by atoms with Gasteiger partial charge in [0.2, 0.25) is 0 Å². The zero-order valence-electron chi connectivity index (χ0n) is 12.6. The molecule has 1 heterocycles. The third-order valence-electron chi connectivity index (χ3n) is 4.02. The Kier molecular flexibility index (Phi) is 4.14. The van der Waals surface area contributed by atoms with Gasteiger partial charge in [0.15, 0.2) is 23.0 Å². The Balaban J connectivity index is 2.03. The first-order valence-electron chi connectivity index (χ1n) is 7.33. The second-order valence-electron chi connectivity index (χ2n) is 5.53. The van der Waals surface area contributed by atoms with E-state index in [2.05, 4.69) is 0 Å². The lowest BCUT2D eigenvalue weighted by atomic mass is 9.90. The number of fused-ring (bicyclic) bond motifs is 1. The van der Waals surface area contributed by atoms with Crippen LogP contribution in [-0.2, 0) is 4.79 Å². The van der Waals surface area contributed by atoms with E-state index in [4.69, 9.17) is 4.74 Å². The number of allylic oxidation sites excluding steroid dienone is 1. The van der Waals surface area contributed by atoms with Crippen molar-refractivity contribution in [1.82, 2.24) is 0 Å². The predicted molar refractivity (Wildman–Crippen MR) is 86.2 cm³/mol. The fourth-order valence-corrected chi connectivity index (χ4v) is 2.89. The lowest BCUT2D eigenvalue weighted by Crippen LogP contribution is -2.13. The van der Waals surface area contributed by atoms with Crippen LogP contribution in [0.4, 0.5) is 0 Å². The lowest BCUT2D eigenvalue weighted by molar-refractivity contribution is -0.104. The number of carbonyl (C=O) groups excluding carboxylic acids is 1. The number of hydrogen-bond acceptors (Lipinski definition) is 6. The Morgan fingerprint density at radius 3 is 2.50 bits per heavy atom. The number of hydrogen-bond donors (Lipinski definition) is 4. The summed E-state index contributed by atoms with van der Waals surface area (Å²) in [7, 11) is 0. The molecule has 0 spiro atoms. The molecule has 124 valence electrons. The molecule has 0 amide bonds. The molecule has 6 heteroatoms. The SMILES string of the molecule is O=C/C=C/c1cc(O)c2c(c1)[C@H](CO)[C@@H](c1ccc(O)c(O)c1)O2. The topological polar surface area (TPSA) is 107 Å². The number of phenolic OH excluding ortho intramolecular Hbond substituents is 3. The van der Waals surface area contributed by atoms with Gasteiger partial charge in [-0.1, -0.05) is 12.1 Å². The summed E-state index contributed by atoms with van der Waals surface area (Å²) >= 11 is 0. The summed E-state index contributed by atoms with van der Waals surface area (Å²) in [5.41, 5.74) is 1.78. The van der Waals surface area contributed by atoms with Crippen molar-refractivity contribution < 1.29 is 30.0 Å². The summed E-state index contributed by atoms with van der Waals surface area (Å²) in [6.45, 7) is -0.237. The molecule has 24 heavy (non-hydrogen) atoms. The van der Waals surface area contributed by atoms with Gasteiger partial charge in [-0.05, 0) is 41.5 Å². The largest absolute Gasteiger partial charge is 0.504 e. The van der Waals surface area contributed by atoms with Gasteiger partial charge in [0.05, 0.1) is 12.5 Å². The Bertz CT molecular complexity index is 811. The first-order valence-corrected chi connectivity index (χ1v) is 7.33. The molecule has 2 aromatic carbocycles. The van der Waals surface area contributed by atoms with Gasteiger partial charge in [-0.25, -0.2) is 0 Å². The summed E-state index contributed by atoms with van der Waals surface area (Å²) in [4.78, 5) is 10.5. The van der Waals surface area contributed by atoms with Crippen LogP contribution in [0.15, 0.2) is 36.4 Å². The Morgan fingerprint density at radius 2 is 1.83 bits per heavy atom. The minimum Gasteiger partial charge on any atom is -0.504 e. The van der Waals surface area contributed by atoms with Gasteiger partial charge in [0.25, 0.3) is 0 Å². The minimum absolute atomic E-state index is 0.0954. The second-order valence-corrected chi connectivity index (χ2v) is 5.53. The molecule has 0 fully saturated rings. The van der Waals surface area contributed by atoms with Gasteiger partial charge in [-0.15, -0.1) is 0 Å². The van der Waals surface area contributed by atoms with E-state index in [-0.39, 0.29) is 29.6 Å². The highest BCUT2D eigenvalue weighted by Crippen LogP contribution is 2.51. The molecule has 4 N–H and O–H groups in total. The Labute approximate surface area is 137 Å². The first kappa shape index (κ1) is 15.9. The zero-order chi connectivity index (χ0) is 17.3. The normalized spacial score (nSPS) is 19.2. The Hall–Kier alpha value is -2.99. The highest BCUT2D eigenvalue weighted by Gasteiger charge is 2.37. The number of ether oxygens (including phenoxy) is 1. The standard InChI is InChI=1S/C18H16O6/c19-5-1-2-10-6-12-13(9-20)17(24-18(12)16(23)7-10)11-3-4-14(21)15(22)8-11/h1-8,13,17,20-23H,9H2/b2-1+/t13-,17+/m0/s1. The van der Waals surface area contributed by atoms with Crippen LogP contribution in [0.2, 0.25) is 0 Å². The molecule has 2 atom stereocenters. The molecule has 1 aliphatic heterocycles. The van der Waals surface area contributed by atoms with Crippen molar-refractivity contribution in [3.63, 3.8) is 0 Å². The average molecular weight is 328 g/mol. The van der Waals surface area contributed by atoms with E-state index >= 15 is 0 Å². The van der Waals surface area contributed by atoms with E-state index in [9.17, 15) is 25.2 Å². The van der Waals surface area contributed by atoms with Crippen molar-refractivity contribution in [3.8, 4) is 23.0 Å². The molecule has 0 bridgehead atoms. The van der Waals surface area contributed by atoms with E-state index in [0.29, 0.717) is 23.0 Å². The summed E-state index contributed by atoms with van der Waals surface area (Å²) < 4.78 is 5.79. The quantitative estimate of drug-likeness (QED) is 0.389. The molecule has 1 aliphatic rings. The van der Waals surface area contributed by atoms with Crippen LogP contribution >= 0.6 is 0 Å². The minimum atomic E-state index is -0.618. The van der Waals surface area contributed by atoms with E-state index in [1.807, 2.05) is 0 Å². The molecule has 0 saturated carbocycles. The number of carbonyl (C=O) groups is 1. The van der Waals surface area contributed by atoms with E-state index in [1.54, 1.807) is 18.2 Å². The van der Waals surface area contributed by atoms with Gasteiger partial charge < -0.3 is 25.2 Å². The van der Waals surface area contributed by atoms with Crippen LogP contribution in [-0.4, -0.2) is 33.3 Å². The van der Waals surface area contributed by atoms with Crippen molar-refractivity contribution in [2.75, 3.05) is 6.61 Å². The van der Waals surface area contributed by atoms with E-state index < -0.39 is 12.0 Å². The van der Waals surface area contributed by atoms with Gasteiger partial charge in [0, 0.05) is 5.56 Å². The van der Waals surface area contributed by atoms with Crippen LogP contribution in [0.25, 0.3) is 6.08 Å². The highest BCUT2D eigenvalue weighted by atomic mass is 16.5. The molecule has 3 rings (SSSR count). The van der Waals surface area contributed by atoms with Crippen LogP contribution in [0.3, 0.4) is 0 Å². The molecule has 0 radical (unpaired) electrons. The van der Waals surface area contributed by atoms with E-state index in [0.717, 1.165) is 0 Å². The fraction of sp³-hybridized carbons (Fsp3) is 0.167. The number of aliphatic hydroxyl groups is 1. The van der Waals surface area contributed by atoms with E-state index in [1.165, 1.54) is 24.3 Å². The average Bonchev–Trinajstić information content (AvgIpc) is 2.94. The van der Waals surface area contributed by atoms with Crippen LogP contribution in [0, 0.1) is 0 Å². The van der Waals surface area contributed by atoms with Crippen molar-refractivity contribution in [1.29, 1.82) is 0 Å². The maximum Gasteiger partial charge on any atom is 0.165 e. The lowest BCUT2D eigenvalue weighted by Gasteiger charge is -2.18. The zero-order valence-corrected chi connectivity index (χ0v) is 12.6. The summed E-state index contributed by atoms with van der Waals surface area (Å²) in [5, 5.41) is 39.1. The van der Waals surface area contributed by atoms with Crippen LogP contribution < -0.4 is 4.74 Å². The number of aliphatic hydroxyl groups excluding tert-OH is 1. The molecular weight excluding hydrogens is 312 g/mol. The third kappa shape index (κ3) is 2.68. The van der Waals surface area contributed by atoms with Crippen LogP contribution in [0.5, 0.6) is 23.0 Å². The molecular formula is C18H16O6. The monoisotopic (exact) mass is 328 g/mol. The first-order chi connectivity index (χ1) is 11.5. The van der Waals surface area contributed by atoms with Crippen molar-refractivity contribution in [2.45, 2.75) is 12.0 Å².